The molecule has 1 unspecified atom stereocenters. The Kier molecular flexibility index (Phi) is 6.31. The normalized spacial score (nSPS) is 12.8. The van der Waals surface area contributed by atoms with Crippen LogP contribution in [0.2, 0.25) is 0 Å². The van der Waals surface area contributed by atoms with Crippen molar-refractivity contribution in [3.63, 3.8) is 0 Å². The highest BCUT2D eigenvalue weighted by molar-refractivity contribution is 9.10. The zero-order chi connectivity index (χ0) is 18.6. The molecule has 0 heterocycles. The summed E-state index contributed by atoms with van der Waals surface area (Å²) in [7, 11) is -2.17. The molecule has 0 radical (unpaired) electrons. The number of rotatable bonds is 6. The van der Waals surface area contributed by atoms with Gasteiger partial charge in [0, 0.05) is 17.1 Å². The van der Waals surface area contributed by atoms with Crippen molar-refractivity contribution in [2.45, 2.75) is 6.04 Å². The summed E-state index contributed by atoms with van der Waals surface area (Å²) in [4.78, 5) is 12.3. The van der Waals surface area contributed by atoms with E-state index < -0.39 is 27.8 Å². The van der Waals surface area contributed by atoms with Crippen LogP contribution in [0.4, 0.5) is 4.39 Å². The summed E-state index contributed by atoms with van der Waals surface area (Å²) < 4.78 is 38.8. The van der Waals surface area contributed by atoms with Crippen LogP contribution >= 0.6 is 15.9 Å². The van der Waals surface area contributed by atoms with Crippen LogP contribution < -0.4 is 5.32 Å². The maximum Gasteiger partial charge on any atom is 0.236 e. The molecule has 0 aromatic heterocycles. The molecule has 1 atom stereocenters. The second-order valence-corrected chi connectivity index (χ2v) is 8.60. The highest BCUT2D eigenvalue weighted by atomic mass is 79.9. The van der Waals surface area contributed by atoms with Crippen LogP contribution in [0.1, 0.15) is 17.2 Å². The Hall–Kier alpha value is -1.77. The molecular formula is C17H18BrFN2O3S. The number of amides is 1. The van der Waals surface area contributed by atoms with Crippen molar-refractivity contribution in [3.8, 4) is 0 Å². The lowest BCUT2D eigenvalue weighted by molar-refractivity contribution is -0.121. The second kappa shape index (κ2) is 8.07. The third kappa shape index (κ3) is 5.35. The molecule has 134 valence electrons. The van der Waals surface area contributed by atoms with Gasteiger partial charge in [-0.15, -0.1) is 0 Å². The molecule has 0 aliphatic rings. The Morgan fingerprint density at radius 2 is 1.88 bits per heavy atom. The fourth-order valence-electron chi connectivity index (χ4n) is 2.25. The standard InChI is InChI=1S/C17H18BrFN2O3S/c1-21(25(2,23)24)11-16(22)20-17(12-6-4-3-5-7-12)14-9-8-13(18)10-15(14)19/h3-10,17H,11H2,1-2H3,(H,20,22). The number of carbonyl (C=O) groups is 1. The molecule has 0 saturated carbocycles. The van der Waals surface area contributed by atoms with E-state index in [0.717, 1.165) is 10.6 Å². The van der Waals surface area contributed by atoms with Gasteiger partial charge in [-0.05, 0) is 17.7 Å². The molecular weight excluding hydrogens is 411 g/mol. The van der Waals surface area contributed by atoms with Crippen molar-refractivity contribution in [2.75, 3.05) is 19.8 Å². The minimum atomic E-state index is -3.48. The van der Waals surface area contributed by atoms with Gasteiger partial charge in [-0.1, -0.05) is 52.3 Å². The highest BCUT2D eigenvalue weighted by Gasteiger charge is 2.22. The monoisotopic (exact) mass is 428 g/mol. The van der Waals surface area contributed by atoms with E-state index in [9.17, 15) is 17.6 Å². The maximum atomic E-state index is 14.4. The summed E-state index contributed by atoms with van der Waals surface area (Å²) in [6.45, 7) is -0.347. The Morgan fingerprint density at radius 3 is 2.44 bits per heavy atom. The first-order chi connectivity index (χ1) is 11.7. The van der Waals surface area contributed by atoms with Crippen LogP contribution in [-0.2, 0) is 14.8 Å². The van der Waals surface area contributed by atoms with Gasteiger partial charge in [0.25, 0.3) is 0 Å². The van der Waals surface area contributed by atoms with Crippen LogP contribution in [0.3, 0.4) is 0 Å². The van der Waals surface area contributed by atoms with Gasteiger partial charge in [0.1, 0.15) is 5.82 Å². The molecule has 0 spiro atoms. The summed E-state index contributed by atoms with van der Waals surface area (Å²) in [5, 5.41) is 2.71. The lowest BCUT2D eigenvalue weighted by Crippen LogP contribution is -2.39. The number of nitrogens with one attached hydrogen (secondary N) is 1. The molecule has 0 aliphatic carbocycles. The maximum absolute atomic E-state index is 14.4. The molecule has 8 heteroatoms. The van der Waals surface area contributed by atoms with Crippen molar-refractivity contribution in [1.29, 1.82) is 0 Å². The predicted molar refractivity (Wildman–Crippen MR) is 98.0 cm³/mol. The SMILES string of the molecule is CN(CC(=O)NC(c1ccccc1)c1ccc(Br)cc1F)S(C)(=O)=O. The Labute approximate surface area is 155 Å². The zero-order valence-electron chi connectivity index (χ0n) is 13.7. The van der Waals surface area contributed by atoms with E-state index in [0.29, 0.717) is 15.6 Å². The minimum Gasteiger partial charge on any atom is -0.344 e. The lowest BCUT2D eigenvalue weighted by atomic mass is 9.98. The molecule has 2 aromatic rings. The second-order valence-electron chi connectivity index (χ2n) is 5.60. The van der Waals surface area contributed by atoms with Crippen molar-refractivity contribution >= 4 is 31.9 Å². The molecule has 2 rings (SSSR count). The molecule has 0 saturated heterocycles. The quantitative estimate of drug-likeness (QED) is 0.768. The fourth-order valence-corrected chi connectivity index (χ4v) is 2.93. The first kappa shape index (κ1) is 19.6. The molecule has 0 bridgehead atoms. The van der Waals surface area contributed by atoms with Crippen molar-refractivity contribution in [1.82, 2.24) is 9.62 Å². The third-order valence-electron chi connectivity index (χ3n) is 3.64. The van der Waals surface area contributed by atoms with Gasteiger partial charge in [0.05, 0.1) is 18.8 Å². The van der Waals surface area contributed by atoms with Crippen molar-refractivity contribution in [3.05, 3.63) is 69.9 Å². The van der Waals surface area contributed by atoms with Gasteiger partial charge in [-0.25, -0.2) is 12.8 Å². The van der Waals surface area contributed by atoms with Gasteiger partial charge in [-0.2, -0.15) is 4.31 Å². The Bertz CT molecular complexity index is 859. The van der Waals surface area contributed by atoms with Crippen LogP contribution in [0.5, 0.6) is 0 Å². The number of carbonyl (C=O) groups excluding carboxylic acids is 1. The molecule has 0 aliphatic heterocycles. The van der Waals surface area contributed by atoms with Crippen LogP contribution in [0.15, 0.2) is 53.0 Å². The van der Waals surface area contributed by atoms with Crippen LogP contribution in [0, 0.1) is 5.82 Å². The number of likely N-dealkylation sites (N-methyl/N-ethyl adjacent to an activating group) is 1. The molecule has 2 aromatic carbocycles. The van der Waals surface area contributed by atoms with Crippen LogP contribution in [0.25, 0.3) is 0 Å². The van der Waals surface area contributed by atoms with E-state index in [2.05, 4.69) is 21.2 Å². The lowest BCUT2D eigenvalue weighted by Gasteiger charge is -2.22. The number of benzene rings is 2. The number of sulfonamides is 1. The summed E-state index contributed by atoms with van der Waals surface area (Å²) in [5.41, 5.74) is 0.990. The predicted octanol–water partition coefficient (Wildman–Crippen LogP) is 2.69. The number of nitrogens with zero attached hydrogens (tertiary/aromatic N) is 1. The van der Waals surface area contributed by atoms with Gasteiger partial charge in [0.15, 0.2) is 0 Å². The average molecular weight is 429 g/mol. The summed E-state index contributed by atoms with van der Waals surface area (Å²) in [6.07, 6.45) is 1.02. The van der Waals surface area contributed by atoms with Gasteiger partial charge >= 0.3 is 0 Å². The highest BCUT2D eigenvalue weighted by Crippen LogP contribution is 2.26. The number of hydrogen-bond donors (Lipinski definition) is 1. The minimum absolute atomic E-state index is 0.296. The first-order valence-electron chi connectivity index (χ1n) is 7.39. The Morgan fingerprint density at radius 1 is 1.24 bits per heavy atom. The molecule has 25 heavy (non-hydrogen) atoms. The molecule has 1 amide bonds. The summed E-state index contributed by atoms with van der Waals surface area (Å²) >= 11 is 3.21. The first-order valence-corrected chi connectivity index (χ1v) is 10.0. The van der Waals surface area contributed by atoms with E-state index in [4.69, 9.17) is 0 Å². The number of halogens is 2. The molecule has 1 N–H and O–H groups in total. The fraction of sp³-hybridized carbons (Fsp3) is 0.235. The van der Waals surface area contributed by atoms with E-state index in [1.54, 1.807) is 36.4 Å². The third-order valence-corrected chi connectivity index (χ3v) is 5.40. The average Bonchev–Trinajstić information content (AvgIpc) is 2.53. The Balaban J connectivity index is 2.32. The van der Waals surface area contributed by atoms with Crippen molar-refractivity contribution in [2.24, 2.45) is 0 Å². The van der Waals surface area contributed by atoms with E-state index >= 15 is 0 Å². The van der Waals surface area contributed by atoms with E-state index in [1.165, 1.54) is 13.1 Å². The topological polar surface area (TPSA) is 66.5 Å². The zero-order valence-corrected chi connectivity index (χ0v) is 16.1. The van der Waals surface area contributed by atoms with E-state index in [1.807, 2.05) is 6.07 Å². The van der Waals surface area contributed by atoms with Gasteiger partial charge < -0.3 is 5.32 Å². The van der Waals surface area contributed by atoms with Crippen molar-refractivity contribution < 1.29 is 17.6 Å². The van der Waals surface area contributed by atoms with Crippen LogP contribution in [-0.4, -0.2) is 38.5 Å². The van der Waals surface area contributed by atoms with Gasteiger partial charge in [0.2, 0.25) is 15.9 Å². The number of hydrogen-bond acceptors (Lipinski definition) is 3. The smallest absolute Gasteiger partial charge is 0.236 e. The molecule has 5 nitrogen and oxygen atoms in total. The summed E-state index contributed by atoms with van der Waals surface area (Å²) in [6, 6.07) is 12.8. The van der Waals surface area contributed by atoms with E-state index in [-0.39, 0.29) is 6.54 Å². The summed E-state index contributed by atoms with van der Waals surface area (Å²) in [5.74, 6) is -0.996. The van der Waals surface area contributed by atoms with Gasteiger partial charge in [-0.3, -0.25) is 4.79 Å². The molecule has 0 fully saturated rings. The largest absolute Gasteiger partial charge is 0.344 e.